The second-order valence-corrected chi connectivity index (χ2v) is 7.82. The van der Waals surface area contributed by atoms with Crippen LogP contribution in [0.5, 0.6) is 5.75 Å². The molecule has 3 unspecified atom stereocenters. The van der Waals surface area contributed by atoms with Gasteiger partial charge in [0.1, 0.15) is 11.8 Å². The van der Waals surface area contributed by atoms with Crippen LogP contribution in [-0.4, -0.2) is 41.6 Å². The smallest absolute Gasteiger partial charge is 0.326 e. The van der Waals surface area contributed by atoms with Crippen molar-refractivity contribution in [2.45, 2.75) is 38.1 Å². The highest BCUT2D eigenvalue weighted by molar-refractivity contribution is 5.91. The number of aliphatic carboxylic acids is 1. The van der Waals surface area contributed by atoms with E-state index in [1.807, 2.05) is 43.3 Å². The van der Waals surface area contributed by atoms with Crippen molar-refractivity contribution in [2.75, 3.05) is 13.7 Å². The fourth-order valence-corrected chi connectivity index (χ4v) is 4.88. The number of carboxylic acids is 1. The zero-order chi connectivity index (χ0) is 19.1. The van der Waals surface area contributed by atoms with Crippen LogP contribution in [0.25, 0.3) is 10.8 Å². The van der Waals surface area contributed by atoms with E-state index in [-0.39, 0.29) is 17.7 Å². The van der Waals surface area contributed by atoms with Gasteiger partial charge in [-0.15, -0.1) is 0 Å². The quantitative estimate of drug-likeness (QED) is 0.895. The number of carboxylic acid groups (broad SMARTS) is 1. The molecule has 5 heteroatoms. The predicted molar refractivity (Wildman–Crippen MR) is 103 cm³/mol. The van der Waals surface area contributed by atoms with Gasteiger partial charge in [0.25, 0.3) is 0 Å². The number of methoxy groups -OCH3 is 1. The fraction of sp³-hybridized carbons (Fsp3) is 0.455. The molecule has 0 radical (unpaired) electrons. The maximum Gasteiger partial charge on any atom is 0.326 e. The lowest BCUT2D eigenvalue weighted by atomic mass is 9.93. The zero-order valence-corrected chi connectivity index (χ0v) is 15.7. The Kier molecular flexibility index (Phi) is 4.54. The summed E-state index contributed by atoms with van der Waals surface area (Å²) in [5.41, 5.74) is 0.916. The summed E-state index contributed by atoms with van der Waals surface area (Å²) in [6.45, 7) is 2.45. The first-order valence-electron chi connectivity index (χ1n) is 9.60. The number of ether oxygens (including phenoxy) is 1. The molecular weight excluding hydrogens is 342 g/mol. The summed E-state index contributed by atoms with van der Waals surface area (Å²) in [6, 6.07) is 11.1. The van der Waals surface area contributed by atoms with Gasteiger partial charge in [0, 0.05) is 6.54 Å². The molecule has 1 heterocycles. The van der Waals surface area contributed by atoms with E-state index < -0.39 is 12.0 Å². The van der Waals surface area contributed by atoms with E-state index in [0.717, 1.165) is 41.3 Å². The molecule has 0 bridgehead atoms. The van der Waals surface area contributed by atoms with Crippen molar-refractivity contribution in [1.82, 2.24) is 4.90 Å². The standard InChI is InChI=1S/C22H25NO4/c1-13(14-6-7-16-11-18(27-2)9-8-15(16)10-14)21(24)23-12-17-4-3-5-19(17)20(23)22(25)26/h6-11,13,17,19-20H,3-5,12H2,1-2H3,(H,25,26)/t13-,17?,19?,20?/m0/s1. The van der Waals surface area contributed by atoms with Gasteiger partial charge >= 0.3 is 5.97 Å². The molecule has 5 nitrogen and oxygen atoms in total. The van der Waals surface area contributed by atoms with Gasteiger partial charge < -0.3 is 14.7 Å². The Bertz CT molecular complexity index is 893. The minimum Gasteiger partial charge on any atom is -0.497 e. The Labute approximate surface area is 158 Å². The molecule has 142 valence electrons. The molecular formula is C22H25NO4. The van der Waals surface area contributed by atoms with E-state index in [0.29, 0.717) is 12.5 Å². The van der Waals surface area contributed by atoms with E-state index >= 15 is 0 Å². The molecule has 4 atom stereocenters. The molecule has 27 heavy (non-hydrogen) atoms. The summed E-state index contributed by atoms with van der Waals surface area (Å²) in [5, 5.41) is 11.8. The van der Waals surface area contributed by atoms with Gasteiger partial charge in [0.05, 0.1) is 13.0 Å². The van der Waals surface area contributed by atoms with Gasteiger partial charge in [0.15, 0.2) is 0 Å². The Balaban J connectivity index is 1.60. The van der Waals surface area contributed by atoms with Crippen molar-refractivity contribution in [2.24, 2.45) is 11.8 Å². The molecule has 1 amide bonds. The highest BCUT2D eigenvalue weighted by Gasteiger charge is 2.50. The molecule has 0 spiro atoms. The fourth-order valence-electron chi connectivity index (χ4n) is 4.88. The average molecular weight is 367 g/mol. The number of fused-ring (bicyclic) bond motifs is 2. The van der Waals surface area contributed by atoms with Crippen molar-refractivity contribution in [3.05, 3.63) is 42.0 Å². The summed E-state index contributed by atoms with van der Waals surface area (Å²) in [4.78, 5) is 26.6. The van der Waals surface area contributed by atoms with Crippen LogP contribution in [0, 0.1) is 11.8 Å². The number of likely N-dealkylation sites (tertiary alicyclic amines) is 1. The highest BCUT2D eigenvalue weighted by atomic mass is 16.5. The largest absolute Gasteiger partial charge is 0.497 e. The molecule has 2 aliphatic rings. The lowest BCUT2D eigenvalue weighted by molar-refractivity contribution is -0.150. The van der Waals surface area contributed by atoms with E-state index in [1.54, 1.807) is 12.0 Å². The summed E-state index contributed by atoms with van der Waals surface area (Å²) in [6.07, 6.45) is 3.02. The third-order valence-corrected chi connectivity index (χ3v) is 6.37. The average Bonchev–Trinajstić information content (AvgIpc) is 3.26. The second-order valence-electron chi connectivity index (χ2n) is 7.82. The van der Waals surface area contributed by atoms with E-state index in [2.05, 4.69) is 0 Å². The molecule has 1 aliphatic carbocycles. The summed E-state index contributed by atoms with van der Waals surface area (Å²) < 4.78 is 5.26. The number of rotatable bonds is 4. The number of amides is 1. The third kappa shape index (κ3) is 3.05. The van der Waals surface area contributed by atoms with E-state index in [9.17, 15) is 14.7 Å². The Hall–Kier alpha value is -2.56. The van der Waals surface area contributed by atoms with E-state index in [4.69, 9.17) is 4.74 Å². The minimum absolute atomic E-state index is 0.0790. The van der Waals surface area contributed by atoms with Crippen molar-refractivity contribution in [3.8, 4) is 5.75 Å². The number of nitrogens with zero attached hydrogens (tertiary/aromatic N) is 1. The van der Waals surface area contributed by atoms with Gasteiger partial charge in [-0.2, -0.15) is 0 Å². The molecule has 0 aromatic heterocycles. The van der Waals surface area contributed by atoms with Crippen LogP contribution in [0.2, 0.25) is 0 Å². The molecule has 2 aromatic rings. The second kappa shape index (κ2) is 6.87. The molecule has 1 N–H and O–H groups in total. The third-order valence-electron chi connectivity index (χ3n) is 6.37. The molecule has 2 fully saturated rings. The highest BCUT2D eigenvalue weighted by Crippen LogP contribution is 2.43. The minimum atomic E-state index is -0.865. The monoisotopic (exact) mass is 367 g/mol. The maximum absolute atomic E-state index is 13.2. The topological polar surface area (TPSA) is 66.8 Å². The molecule has 1 saturated heterocycles. The molecule has 1 saturated carbocycles. The number of carbonyl (C=O) groups is 2. The first kappa shape index (κ1) is 17.8. The summed E-state index contributed by atoms with van der Waals surface area (Å²) >= 11 is 0. The Morgan fingerprint density at radius 1 is 1.15 bits per heavy atom. The molecule has 2 aromatic carbocycles. The number of benzene rings is 2. The van der Waals surface area contributed by atoms with Crippen LogP contribution >= 0.6 is 0 Å². The normalized spacial score (nSPS) is 25.4. The maximum atomic E-state index is 13.2. The lowest BCUT2D eigenvalue weighted by Crippen LogP contribution is -2.44. The van der Waals surface area contributed by atoms with Crippen molar-refractivity contribution >= 4 is 22.6 Å². The zero-order valence-electron chi connectivity index (χ0n) is 15.7. The van der Waals surface area contributed by atoms with Crippen LogP contribution in [-0.2, 0) is 9.59 Å². The SMILES string of the molecule is COc1ccc2cc([C@H](C)C(=O)N3CC4CCCC4C3C(=O)O)ccc2c1. The van der Waals surface area contributed by atoms with Crippen LogP contribution in [0.3, 0.4) is 0 Å². The number of carbonyl (C=O) groups excluding carboxylic acids is 1. The lowest BCUT2D eigenvalue weighted by Gasteiger charge is -2.27. The predicted octanol–water partition coefficient (Wildman–Crippen LogP) is 3.66. The van der Waals surface area contributed by atoms with Gasteiger partial charge in [-0.1, -0.05) is 30.7 Å². The van der Waals surface area contributed by atoms with Crippen molar-refractivity contribution in [3.63, 3.8) is 0 Å². The summed E-state index contributed by atoms with van der Waals surface area (Å²) in [5.74, 6) is -0.0567. The molecule has 1 aliphatic heterocycles. The van der Waals surface area contributed by atoms with Crippen molar-refractivity contribution in [1.29, 1.82) is 0 Å². The first-order chi connectivity index (χ1) is 13.0. The van der Waals surface area contributed by atoms with Gasteiger partial charge in [-0.25, -0.2) is 4.79 Å². The van der Waals surface area contributed by atoms with Gasteiger partial charge in [-0.3, -0.25) is 4.79 Å². The Morgan fingerprint density at radius 2 is 1.89 bits per heavy atom. The van der Waals surface area contributed by atoms with Crippen molar-refractivity contribution < 1.29 is 19.4 Å². The molecule has 4 rings (SSSR count). The number of hydrogen-bond donors (Lipinski definition) is 1. The van der Waals surface area contributed by atoms with Gasteiger partial charge in [0.2, 0.25) is 5.91 Å². The van der Waals surface area contributed by atoms with Crippen LogP contribution in [0.15, 0.2) is 36.4 Å². The van der Waals surface area contributed by atoms with E-state index in [1.165, 1.54) is 0 Å². The first-order valence-corrected chi connectivity index (χ1v) is 9.60. The number of hydrogen-bond acceptors (Lipinski definition) is 3. The van der Waals surface area contributed by atoms with Gasteiger partial charge in [-0.05, 0) is 60.1 Å². The van der Waals surface area contributed by atoms with Crippen LogP contribution < -0.4 is 4.74 Å². The summed E-state index contributed by atoms with van der Waals surface area (Å²) in [7, 11) is 1.64. The Morgan fingerprint density at radius 3 is 2.63 bits per heavy atom. The van der Waals surface area contributed by atoms with Crippen LogP contribution in [0.1, 0.15) is 37.7 Å². The van der Waals surface area contributed by atoms with Crippen LogP contribution in [0.4, 0.5) is 0 Å².